The van der Waals surface area contributed by atoms with Crippen LogP contribution in [0.4, 0.5) is 5.82 Å². The Morgan fingerprint density at radius 3 is 2.57 bits per heavy atom. The van der Waals surface area contributed by atoms with Gasteiger partial charge in [-0.25, -0.2) is 0 Å². The molecule has 3 rings (SSSR count). The van der Waals surface area contributed by atoms with Crippen molar-refractivity contribution in [2.24, 2.45) is 7.05 Å². The van der Waals surface area contributed by atoms with Crippen molar-refractivity contribution in [1.82, 2.24) is 14.8 Å². The summed E-state index contributed by atoms with van der Waals surface area (Å²) in [7, 11) is 3.39. The number of hydrogen-bond donors (Lipinski definition) is 1. The van der Waals surface area contributed by atoms with E-state index in [1.165, 1.54) is 0 Å². The summed E-state index contributed by atoms with van der Waals surface area (Å²) in [5.41, 5.74) is 2.32. The normalized spacial score (nSPS) is 10.3. The number of carbonyl (C=O) groups excluding carboxylic acids is 1. The van der Waals surface area contributed by atoms with Crippen molar-refractivity contribution in [3.8, 4) is 16.9 Å². The van der Waals surface area contributed by atoms with Crippen LogP contribution in [0.15, 0.2) is 55.0 Å². The largest absolute Gasteiger partial charge is 0.497 e. The van der Waals surface area contributed by atoms with Crippen LogP contribution >= 0.6 is 0 Å². The van der Waals surface area contributed by atoms with Crippen molar-refractivity contribution in [3.63, 3.8) is 0 Å². The van der Waals surface area contributed by atoms with Crippen LogP contribution < -0.4 is 10.1 Å². The predicted molar refractivity (Wildman–Crippen MR) is 87.4 cm³/mol. The van der Waals surface area contributed by atoms with Crippen molar-refractivity contribution in [1.29, 1.82) is 0 Å². The van der Waals surface area contributed by atoms with E-state index in [2.05, 4.69) is 15.4 Å². The molecule has 6 heteroatoms. The average molecular weight is 308 g/mol. The molecule has 0 radical (unpaired) electrons. The fourth-order valence-electron chi connectivity index (χ4n) is 2.19. The maximum atomic E-state index is 12.3. The van der Waals surface area contributed by atoms with Crippen LogP contribution in [-0.4, -0.2) is 27.8 Å². The van der Waals surface area contributed by atoms with Crippen molar-refractivity contribution in [2.75, 3.05) is 12.4 Å². The standard InChI is InChI=1S/C17H16N4O2/c1-21-16(7-8-19-21)20-17(22)14-9-13(10-18-11-14)12-3-5-15(23-2)6-4-12/h3-11H,1-2H3,(H,20,22). The Morgan fingerprint density at radius 2 is 1.91 bits per heavy atom. The molecule has 0 aliphatic carbocycles. The predicted octanol–water partition coefficient (Wildman–Crippen LogP) is 2.74. The van der Waals surface area contributed by atoms with E-state index in [4.69, 9.17) is 4.74 Å². The Kier molecular flexibility index (Phi) is 4.05. The Hall–Kier alpha value is -3.15. The van der Waals surface area contributed by atoms with Crippen LogP contribution in [0.3, 0.4) is 0 Å². The Bertz CT molecular complexity index is 825. The molecule has 23 heavy (non-hydrogen) atoms. The number of nitrogens with zero attached hydrogens (tertiary/aromatic N) is 3. The van der Waals surface area contributed by atoms with Gasteiger partial charge >= 0.3 is 0 Å². The molecule has 3 aromatic rings. The first-order valence-corrected chi connectivity index (χ1v) is 7.06. The number of nitrogens with one attached hydrogen (secondary N) is 1. The molecule has 0 spiro atoms. The molecular weight excluding hydrogens is 292 g/mol. The topological polar surface area (TPSA) is 69.0 Å². The van der Waals surface area contributed by atoms with Gasteiger partial charge in [0.1, 0.15) is 11.6 Å². The van der Waals surface area contributed by atoms with Gasteiger partial charge in [-0.1, -0.05) is 12.1 Å². The van der Waals surface area contributed by atoms with Crippen molar-refractivity contribution < 1.29 is 9.53 Å². The monoisotopic (exact) mass is 308 g/mol. The van der Waals surface area contributed by atoms with Gasteiger partial charge in [0.15, 0.2) is 0 Å². The second-order valence-electron chi connectivity index (χ2n) is 4.98. The van der Waals surface area contributed by atoms with Gasteiger partial charge in [0, 0.05) is 31.1 Å². The highest BCUT2D eigenvalue weighted by Crippen LogP contribution is 2.22. The molecule has 2 heterocycles. The fourth-order valence-corrected chi connectivity index (χ4v) is 2.19. The summed E-state index contributed by atoms with van der Waals surface area (Å²) in [6, 6.07) is 11.1. The Morgan fingerprint density at radius 1 is 1.13 bits per heavy atom. The molecule has 0 atom stereocenters. The average Bonchev–Trinajstić information content (AvgIpc) is 3.00. The van der Waals surface area contributed by atoms with Gasteiger partial charge in [-0.05, 0) is 23.8 Å². The van der Waals surface area contributed by atoms with Gasteiger partial charge in [-0.15, -0.1) is 0 Å². The number of anilines is 1. The molecule has 116 valence electrons. The van der Waals surface area contributed by atoms with Gasteiger partial charge in [0.05, 0.1) is 18.9 Å². The molecule has 0 aliphatic heterocycles. The molecule has 1 aromatic carbocycles. The smallest absolute Gasteiger partial charge is 0.258 e. The lowest BCUT2D eigenvalue weighted by Gasteiger charge is -2.07. The number of pyridine rings is 1. The first-order valence-electron chi connectivity index (χ1n) is 7.06. The minimum Gasteiger partial charge on any atom is -0.497 e. The summed E-state index contributed by atoms with van der Waals surface area (Å²) < 4.78 is 6.74. The lowest BCUT2D eigenvalue weighted by Crippen LogP contribution is -2.14. The molecule has 2 aromatic heterocycles. The summed E-state index contributed by atoms with van der Waals surface area (Å²) in [4.78, 5) is 16.5. The third kappa shape index (κ3) is 3.21. The van der Waals surface area contributed by atoms with Crippen LogP contribution in [0, 0.1) is 0 Å². The molecule has 1 amide bonds. The summed E-state index contributed by atoms with van der Waals surface area (Å²) in [5.74, 6) is 1.19. The lowest BCUT2D eigenvalue weighted by atomic mass is 10.1. The number of amides is 1. The molecule has 0 aliphatic rings. The van der Waals surface area contributed by atoms with Gasteiger partial charge in [0.25, 0.3) is 5.91 Å². The van der Waals surface area contributed by atoms with Crippen LogP contribution in [-0.2, 0) is 7.05 Å². The molecule has 0 bridgehead atoms. The first-order chi connectivity index (χ1) is 11.2. The number of benzene rings is 1. The van der Waals surface area contributed by atoms with Gasteiger partial charge in [-0.2, -0.15) is 5.10 Å². The third-order valence-corrected chi connectivity index (χ3v) is 3.49. The molecule has 0 saturated heterocycles. The zero-order valence-electron chi connectivity index (χ0n) is 12.9. The fraction of sp³-hybridized carbons (Fsp3) is 0.118. The quantitative estimate of drug-likeness (QED) is 0.804. The number of methoxy groups -OCH3 is 1. The number of rotatable bonds is 4. The van der Waals surface area contributed by atoms with Crippen LogP contribution in [0.1, 0.15) is 10.4 Å². The molecule has 0 saturated carbocycles. The van der Waals surface area contributed by atoms with Crippen LogP contribution in [0.2, 0.25) is 0 Å². The minimum absolute atomic E-state index is 0.225. The number of carbonyl (C=O) groups is 1. The number of aromatic nitrogens is 3. The van der Waals surface area contributed by atoms with Crippen molar-refractivity contribution >= 4 is 11.7 Å². The van der Waals surface area contributed by atoms with Gasteiger partial charge in [0.2, 0.25) is 0 Å². The highest BCUT2D eigenvalue weighted by Gasteiger charge is 2.10. The van der Waals surface area contributed by atoms with Crippen LogP contribution in [0.25, 0.3) is 11.1 Å². The van der Waals surface area contributed by atoms with E-state index in [0.717, 1.165) is 16.9 Å². The van der Waals surface area contributed by atoms with E-state index in [9.17, 15) is 4.79 Å². The Labute approximate surface area is 133 Å². The number of ether oxygens (including phenoxy) is 1. The second kappa shape index (κ2) is 6.31. The summed E-state index contributed by atoms with van der Waals surface area (Å²) in [6.07, 6.45) is 4.89. The molecule has 6 nitrogen and oxygen atoms in total. The number of aryl methyl sites for hydroxylation is 1. The Balaban J connectivity index is 1.84. The summed E-state index contributed by atoms with van der Waals surface area (Å²) in [5, 5.41) is 6.82. The zero-order chi connectivity index (χ0) is 16.2. The van der Waals surface area contributed by atoms with E-state index in [-0.39, 0.29) is 5.91 Å². The maximum absolute atomic E-state index is 12.3. The van der Waals surface area contributed by atoms with Gasteiger partial charge in [-0.3, -0.25) is 14.5 Å². The SMILES string of the molecule is COc1ccc(-c2cncc(C(=O)Nc3ccnn3C)c2)cc1. The van der Waals surface area contributed by atoms with Crippen molar-refractivity contribution in [3.05, 3.63) is 60.6 Å². The molecule has 1 N–H and O–H groups in total. The van der Waals surface area contributed by atoms with E-state index in [1.807, 2.05) is 24.3 Å². The summed E-state index contributed by atoms with van der Waals surface area (Å²) in [6.45, 7) is 0. The second-order valence-corrected chi connectivity index (χ2v) is 4.98. The molecular formula is C17H16N4O2. The van der Waals surface area contributed by atoms with Gasteiger partial charge < -0.3 is 10.1 Å². The van der Waals surface area contributed by atoms with E-state index in [0.29, 0.717) is 11.4 Å². The third-order valence-electron chi connectivity index (χ3n) is 3.49. The van der Waals surface area contributed by atoms with Crippen LogP contribution in [0.5, 0.6) is 5.75 Å². The molecule has 0 unspecified atom stereocenters. The molecule has 0 fully saturated rings. The highest BCUT2D eigenvalue weighted by atomic mass is 16.5. The first kappa shape index (κ1) is 14.8. The van der Waals surface area contributed by atoms with E-state index in [1.54, 1.807) is 49.6 Å². The minimum atomic E-state index is -0.225. The summed E-state index contributed by atoms with van der Waals surface area (Å²) >= 11 is 0. The van der Waals surface area contributed by atoms with E-state index < -0.39 is 0 Å². The number of hydrogen-bond acceptors (Lipinski definition) is 4. The zero-order valence-corrected chi connectivity index (χ0v) is 12.9. The maximum Gasteiger partial charge on any atom is 0.258 e. The van der Waals surface area contributed by atoms with E-state index >= 15 is 0 Å². The van der Waals surface area contributed by atoms with Crippen molar-refractivity contribution in [2.45, 2.75) is 0 Å². The lowest BCUT2D eigenvalue weighted by molar-refractivity contribution is 0.102. The highest BCUT2D eigenvalue weighted by molar-refractivity contribution is 6.04.